The van der Waals surface area contributed by atoms with Crippen LogP contribution in [-0.4, -0.2) is 43.0 Å². The van der Waals surface area contributed by atoms with Gasteiger partial charge in [-0.1, -0.05) is 30.3 Å². The van der Waals surface area contributed by atoms with Crippen LogP contribution < -0.4 is 5.32 Å². The van der Waals surface area contributed by atoms with Crippen molar-refractivity contribution in [2.75, 3.05) is 13.6 Å². The number of likely N-dealkylation sites (N-methyl/N-ethyl adjacent to an activating group) is 1. The minimum Gasteiger partial charge on any atom is -0.481 e. The lowest BCUT2D eigenvalue weighted by molar-refractivity contribution is -0.140. The highest BCUT2D eigenvalue weighted by molar-refractivity contribution is 6.56. The molecule has 1 saturated heterocycles. The Morgan fingerprint density at radius 3 is 2.27 bits per heavy atom. The van der Waals surface area contributed by atoms with Gasteiger partial charge in [-0.05, 0) is 64.2 Å². The average molecular weight is 357 g/mol. The summed E-state index contributed by atoms with van der Waals surface area (Å²) in [5, 5.41) is 12.9. The zero-order chi connectivity index (χ0) is 19.2. The van der Waals surface area contributed by atoms with E-state index < -0.39 is 29.7 Å². The van der Waals surface area contributed by atoms with Gasteiger partial charge in [0.2, 0.25) is 0 Å². The fourth-order valence-corrected chi connectivity index (χ4v) is 3.38. The summed E-state index contributed by atoms with van der Waals surface area (Å²) in [6.45, 7) is 8.72. The lowest BCUT2D eigenvalue weighted by Crippen LogP contribution is -2.41. The van der Waals surface area contributed by atoms with E-state index in [0.29, 0.717) is 19.4 Å². The van der Waals surface area contributed by atoms with Crippen molar-refractivity contribution in [3.05, 3.63) is 40.9 Å². The smallest absolute Gasteiger partial charge is 0.481 e. The molecule has 140 valence electrons. The molecular weight excluding hydrogens is 329 g/mol. The molecule has 0 unspecified atom stereocenters. The van der Waals surface area contributed by atoms with E-state index in [-0.39, 0.29) is 0 Å². The van der Waals surface area contributed by atoms with Crippen molar-refractivity contribution >= 4 is 19.2 Å². The van der Waals surface area contributed by atoms with E-state index in [1.54, 1.807) is 0 Å². The van der Waals surface area contributed by atoms with E-state index in [1.165, 1.54) is 0 Å². The number of carboxylic acid groups (broad SMARTS) is 1. The van der Waals surface area contributed by atoms with Crippen LogP contribution in [0.2, 0.25) is 0 Å². The summed E-state index contributed by atoms with van der Waals surface area (Å²) < 4.78 is 12.4. The molecule has 2 N–H and O–H groups in total. The second kappa shape index (κ2) is 6.52. The van der Waals surface area contributed by atoms with Gasteiger partial charge in [0.1, 0.15) is 0 Å². The van der Waals surface area contributed by atoms with Crippen molar-refractivity contribution in [3.8, 4) is 0 Å². The van der Waals surface area contributed by atoms with Crippen LogP contribution in [0.1, 0.15) is 51.7 Å². The summed E-state index contributed by atoms with van der Waals surface area (Å²) in [6.07, 6.45) is 3.40. The van der Waals surface area contributed by atoms with Crippen molar-refractivity contribution in [2.24, 2.45) is 0 Å². The molecule has 1 aliphatic heterocycles. The number of benzene rings is 1. The maximum Gasteiger partial charge on any atom is 0.491 e. The molecule has 3 rings (SSSR count). The Morgan fingerprint density at radius 1 is 1.19 bits per heavy atom. The molecule has 0 radical (unpaired) electrons. The topological polar surface area (TPSA) is 67.8 Å². The van der Waals surface area contributed by atoms with Gasteiger partial charge in [0.25, 0.3) is 0 Å². The van der Waals surface area contributed by atoms with Crippen LogP contribution in [-0.2, 0) is 19.5 Å². The molecule has 0 atom stereocenters. The van der Waals surface area contributed by atoms with E-state index in [4.69, 9.17) is 9.31 Å². The van der Waals surface area contributed by atoms with Gasteiger partial charge in [0.05, 0.1) is 16.6 Å². The highest BCUT2D eigenvalue weighted by Gasteiger charge is 2.54. The molecule has 2 aliphatic rings. The standard InChI is InChI=1S/C20H28BNO4/c1-18(2)19(3,4)26-21(25-18)15(13-22-5)12-14-8-6-7-9-16(14)20(10-11-20)17(23)24/h6-9,12,22H,10-11,13H2,1-5H3,(H,23,24). The van der Waals surface area contributed by atoms with E-state index in [9.17, 15) is 9.90 Å². The Labute approximate surface area is 155 Å². The summed E-state index contributed by atoms with van der Waals surface area (Å²) in [5.41, 5.74) is 1.18. The quantitative estimate of drug-likeness (QED) is 0.766. The van der Waals surface area contributed by atoms with Crippen LogP contribution in [0.5, 0.6) is 0 Å². The third kappa shape index (κ3) is 3.22. The summed E-state index contributed by atoms with van der Waals surface area (Å²) in [4.78, 5) is 11.8. The minimum absolute atomic E-state index is 0.414. The van der Waals surface area contributed by atoms with Crippen LogP contribution in [0.25, 0.3) is 6.08 Å². The number of carbonyl (C=O) groups is 1. The Hall–Kier alpha value is -1.63. The normalized spacial score (nSPS) is 23.1. The summed E-state index contributed by atoms with van der Waals surface area (Å²) >= 11 is 0. The van der Waals surface area contributed by atoms with Crippen molar-refractivity contribution in [1.82, 2.24) is 5.32 Å². The minimum atomic E-state index is -0.746. The molecular formula is C20H28BNO4. The Morgan fingerprint density at radius 2 is 1.77 bits per heavy atom. The number of carboxylic acids is 1. The van der Waals surface area contributed by atoms with Crippen molar-refractivity contribution < 1.29 is 19.2 Å². The lowest BCUT2D eigenvalue weighted by atomic mass is 9.76. The van der Waals surface area contributed by atoms with Crippen LogP contribution in [0.15, 0.2) is 29.7 Å². The van der Waals surface area contributed by atoms with E-state index in [2.05, 4.69) is 5.32 Å². The molecule has 2 fully saturated rings. The second-order valence-corrected chi connectivity index (χ2v) is 8.31. The number of hydrogen-bond acceptors (Lipinski definition) is 4. The first-order chi connectivity index (χ1) is 12.1. The molecule has 0 amide bonds. The second-order valence-electron chi connectivity index (χ2n) is 8.31. The third-order valence-corrected chi connectivity index (χ3v) is 5.91. The Balaban J connectivity index is 1.98. The molecule has 5 nitrogen and oxygen atoms in total. The highest BCUT2D eigenvalue weighted by Crippen LogP contribution is 2.50. The monoisotopic (exact) mass is 357 g/mol. The largest absolute Gasteiger partial charge is 0.491 e. The predicted octanol–water partition coefficient (Wildman–Crippen LogP) is 3.04. The lowest BCUT2D eigenvalue weighted by Gasteiger charge is -2.32. The van der Waals surface area contributed by atoms with Gasteiger partial charge >= 0.3 is 13.1 Å². The zero-order valence-electron chi connectivity index (χ0n) is 16.3. The summed E-state index contributed by atoms with van der Waals surface area (Å²) in [7, 11) is 1.42. The number of nitrogens with one attached hydrogen (secondary N) is 1. The van der Waals surface area contributed by atoms with Crippen LogP contribution >= 0.6 is 0 Å². The van der Waals surface area contributed by atoms with Crippen molar-refractivity contribution in [3.63, 3.8) is 0 Å². The van der Waals surface area contributed by atoms with Gasteiger partial charge in [0.15, 0.2) is 0 Å². The zero-order valence-corrected chi connectivity index (χ0v) is 16.3. The van der Waals surface area contributed by atoms with Crippen LogP contribution in [0.4, 0.5) is 0 Å². The molecule has 0 aromatic heterocycles. The van der Waals surface area contributed by atoms with Crippen molar-refractivity contribution in [1.29, 1.82) is 0 Å². The van der Waals surface area contributed by atoms with Crippen LogP contribution in [0, 0.1) is 0 Å². The molecule has 26 heavy (non-hydrogen) atoms. The van der Waals surface area contributed by atoms with E-state index >= 15 is 0 Å². The summed E-state index contributed by atoms with van der Waals surface area (Å²) in [5.74, 6) is -0.746. The molecule has 1 aromatic carbocycles. The van der Waals surface area contributed by atoms with Gasteiger partial charge in [-0.25, -0.2) is 0 Å². The first-order valence-corrected chi connectivity index (χ1v) is 9.16. The Bertz CT molecular complexity index is 721. The van der Waals surface area contributed by atoms with Crippen LogP contribution in [0.3, 0.4) is 0 Å². The SMILES string of the molecule is CNCC(=Cc1ccccc1C1(C(=O)O)CC1)B1OC(C)(C)C(C)(C)O1. The highest BCUT2D eigenvalue weighted by atomic mass is 16.7. The third-order valence-electron chi connectivity index (χ3n) is 5.91. The molecule has 1 heterocycles. The number of rotatable bonds is 6. The van der Waals surface area contributed by atoms with Crippen molar-refractivity contribution in [2.45, 2.75) is 57.2 Å². The van der Waals surface area contributed by atoms with Gasteiger partial charge in [0, 0.05) is 6.54 Å². The maximum absolute atomic E-state index is 11.8. The molecule has 1 aromatic rings. The van der Waals surface area contributed by atoms with E-state index in [1.807, 2.05) is 65.1 Å². The van der Waals surface area contributed by atoms with Gasteiger partial charge in [-0.3, -0.25) is 4.79 Å². The first kappa shape index (κ1) is 19.1. The van der Waals surface area contributed by atoms with Gasteiger partial charge < -0.3 is 19.7 Å². The molecule has 6 heteroatoms. The van der Waals surface area contributed by atoms with Gasteiger partial charge in [-0.15, -0.1) is 0 Å². The van der Waals surface area contributed by atoms with E-state index in [0.717, 1.165) is 16.6 Å². The molecule has 1 saturated carbocycles. The molecule has 0 spiro atoms. The predicted molar refractivity (Wildman–Crippen MR) is 103 cm³/mol. The fraction of sp³-hybridized carbons (Fsp3) is 0.550. The molecule has 1 aliphatic carbocycles. The number of aliphatic carboxylic acids is 1. The maximum atomic E-state index is 11.8. The fourth-order valence-electron chi connectivity index (χ4n) is 3.38. The average Bonchev–Trinajstić information content (AvgIpc) is 3.31. The Kier molecular flexibility index (Phi) is 4.80. The molecule has 0 bridgehead atoms. The van der Waals surface area contributed by atoms with Gasteiger partial charge in [-0.2, -0.15) is 0 Å². The first-order valence-electron chi connectivity index (χ1n) is 9.16. The number of hydrogen-bond donors (Lipinski definition) is 2. The summed E-state index contributed by atoms with van der Waals surface area (Å²) in [6, 6.07) is 7.74.